The fourth-order valence-electron chi connectivity index (χ4n) is 5.04. The second-order valence-corrected chi connectivity index (χ2v) is 13.4. The molecule has 2 N–H and O–H groups in total. The van der Waals surface area contributed by atoms with Gasteiger partial charge in [0.25, 0.3) is 10.0 Å². The molecule has 1 unspecified atom stereocenters. The maximum absolute atomic E-state index is 13.5. The number of nitrogens with one attached hydrogen (secondary N) is 2. The van der Waals surface area contributed by atoms with E-state index in [1.165, 1.54) is 4.31 Å². The number of carbonyl (C=O) groups is 2. The number of anilines is 2. The summed E-state index contributed by atoms with van der Waals surface area (Å²) < 4.78 is 28.1. The number of nitrogens with zero attached hydrogens (tertiary/aromatic N) is 1. The fourth-order valence-corrected chi connectivity index (χ4v) is 8.32. The SMILES string of the molecule is O=Cc1cccc2c(NC(=O)C3CCCCN3S(=O)(=O)c3cccs3)ccc(NCCc3ccc(Cl)cc3Cl)c12. The predicted octanol–water partition coefficient (Wildman–Crippen LogP) is 6.86. The van der Waals surface area contributed by atoms with Gasteiger partial charge in [0, 0.05) is 50.8 Å². The van der Waals surface area contributed by atoms with E-state index in [0.29, 0.717) is 57.9 Å². The Hall–Kier alpha value is -2.95. The van der Waals surface area contributed by atoms with E-state index in [1.54, 1.807) is 47.8 Å². The van der Waals surface area contributed by atoms with Crippen LogP contribution in [0.2, 0.25) is 10.0 Å². The third kappa shape index (κ3) is 5.89. The van der Waals surface area contributed by atoms with Gasteiger partial charge in [-0.3, -0.25) is 9.59 Å². The first-order valence-electron chi connectivity index (χ1n) is 12.8. The molecule has 5 rings (SSSR count). The summed E-state index contributed by atoms with van der Waals surface area (Å²) in [6, 6.07) is 16.7. The van der Waals surface area contributed by atoms with Crippen LogP contribution in [-0.4, -0.2) is 44.0 Å². The molecular formula is C29H27Cl2N3O4S2. The number of carbonyl (C=O) groups excluding carboxylic acids is 2. The quantitative estimate of drug-likeness (QED) is 0.201. The summed E-state index contributed by atoms with van der Waals surface area (Å²) in [6.45, 7) is 0.835. The van der Waals surface area contributed by atoms with E-state index in [4.69, 9.17) is 23.2 Å². The molecule has 11 heteroatoms. The molecule has 1 amide bonds. The third-order valence-electron chi connectivity index (χ3n) is 7.00. The van der Waals surface area contributed by atoms with Crippen LogP contribution in [0.15, 0.2) is 70.3 Å². The number of halogens is 2. The standard InChI is InChI=1S/C29H27Cl2N3O4S2/c30-21-10-9-19(23(31)17-21)13-14-32-25-12-11-24(22-6-3-5-20(18-35)28(22)25)33-29(36)26-7-1-2-15-34(26)40(37,38)27-8-4-16-39-27/h3-6,8-12,16-18,26,32H,1-2,7,13-15H2,(H,33,36). The van der Waals surface area contributed by atoms with Crippen LogP contribution in [0.1, 0.15) is 35.2 Å². The number of thiophene rings is 1. The molecule has 1 aromatic heterocycles. The van der Waals surface area contributed by atoms with Gasteiger partial charge in [-0.15, -0.1) is 11.3 Å². The summed E-state index contributed by atoms with van der Waals surface area (Å²) in [5, 5.41) is 10.6. The highest BCUT2D eigenvalue weighted by atomic mass is 35.5. The number of sulfonamides is 1. The van der Waals surface area contributed by atoms with E-state index in [-0.39, 0.29) is 10.8 Å². The van der Waals surface area contributed by atoms with Crippen molar-refractivity contribution in [2.24, 2.45) is 0 Å². The van der Waals surface area contributed by atoms with Gasteiger partial charge in [-0.25, -0.2) is 8.42 Å². The molecule has 0 spiro atoms. The van der Waals surface area contributed by atoms with Crippen molar-refractivity contribution < 1.29 is 18.0 Å². The Bertz CT molecular complexity index is 1660. The molecule has 0 aliphatic carbocycles. The molecule has 7 nitrogen and oxygen atoms in total. The summed E-state index contributed by atoms with van der Waals surface area (Å²) in [5.74, 6) is -0.393. The Labute approximate surface area is 247 Å². The molecule has 1 atom stereocenters. The van der Waals surface area contributed by atoms with Crippen molar-refractivity contribution in [1.29, 1.82) is 0 Å². The maximum atomic E-state index is 13.5. The lowest BCUT2D eigenvalue weighted by atomic mass is 10.0. The van der Waals surface area contributed by atoms with Crippen molar-refractivity contribution >= 4 is 78.9 Å². The zero-order valence-electron chi connectivity index (χ0n) is 21.4. The first-order chi connectivity index (χ1) is 19.3. The van der Waals surface area contributed by atoms with Crippen LogP contribution >= 0.6 is 34.5 Å². The van der Waals surface area contributed by atoms with Gasteiger partial charge in [0.15, 0.2) is 6.29 Å². The third-order valence-corrected chi connectivity index (χ3v) is 10.9. The number of benzene rings is 3. The summed E-state index contributed by atoms with van der Waals surface area (Å²) in [7, 11) is -3.79. The van der Waals surface area contributed by atoms with Crippen molar-refractivity contribution in [3.05, 3.63) is 87.2 Å². The average molecular weight is 617 g/mol. The number of piperidine rings is 1. The van der Waals surface area contributed by atoms with Gasteiger partial charge < -0.3 is 10.6 Å². The van der Waals surface area contributed by atoms with Crippen molar-refractivity contribution in [1.82, 2.24) is 4.31 Å². The van der Waals surface area contributed by atoms with Crippen molar-refractivity contribution in [3.8, 4) is 0 Å². The van der Waals surface area contributed by atoms with Crippen LogP contribution in [0.4, 0.5) is 11.4 Å². The van der Waals surface area contributed by atoms with Crippen molar-refractivity contribution in [2.75, 3.05) is 23.7 Å². The minimum Gasteiger partial charge on any atom is -0.384 e. The minimum absolute atomic E-state index is 0.226. The maximum Gasteiger partial charge on any atom is 0.253 e. The van der Waals surface area contributed by atoms with Gasteiger partial charge in [0.1, 0.15) is 10.3 Å². The zero-order valence-corrected chi connectivity index (χ0v) is 24.5. The fraction of sp³-hybridized carbons (Fsp3) is 0.241. The van der Waals surface area contributed by atoms with Crippen LogP contribution < -0.4 is 10.6 Å². The van der Waals surface area contributed by atoms with Gasteiger partial charge in [0.05, 0.1) is 0 Å². The molecule has 4 aromatic rings. The molecule has 3 aromatic carbocycles. The Balaban J connectivity index is 1.40. The van der Waals surface area contributed by atoms with Crippen molar-refractivity contribution in [2.45, 2.75) is 35.9 Å². The molecule has 1 fully saturated rings. The number of amides is 1. The van der Waals surface area contributed by atoms with Crippen LogP contribution in [0, 0.1) is 0 Å². The molecule has 2 heterocycles. The summed E-state index contributed by atoms with van der Waals surface area (Å²) in [6.07, 6.45) is 3.30. The van der Waals surface area contributed by atoms with Gasteiger partial charge >= 0.3 is 0 Å². The number of aldehydes is 1. The zero-order chi connectivity index (χ0) is 28.3. The van der Waals surface area contributed by atoms with E-state index in [9.17, 15) is 18.0 Å². The highest BCUT2D eigenvalue weighted by Crippen LogP contribution is 2.34. The van der Waals surface area contributed by atoms with Crippen LogP contribution in [0.25, 0.3) is 10.8 Å². The molecular weight excluding hydrogens is 589 g/mol. The molecule has 40 heavy (non-hydrogen) atoms. The van der Waals surface area contributed by atoms with E-state index in [2.05, 4.69) is 10.6 Å². The topological polar surface area (TPSA) is 95.6 Å². The molecule has 0 radical (unpaired) electrons. The molecule has 208 valence electrons. The lowest BCUT2D eigenvalue weighted by Crippen LogP contribution is -2.49. The second-order valence-electron chi connectivity index (χ2n) is 9.51. The smallest absolute Gasteiger partial charge is 0.253 e. The van der Waals surface area contributed by atoms with E-state index in [1.807, 2.05) is 18.2 Å². The van der Waals surface area contributed by atoms with Crippen molar-refractivity contribution in [3.63, 3.8) is 0 Å². The van der Waals surface area contributed by atoms with E-state index < -0.39 is 22.0 Å². The normalized spacial score (nSPS) is 16.1. The predicted molar refractivity (Wildman–Crippen MR) is 162 cm³/mol. The molecule has 1 aliphatic rings. The molecule has 1 aliphatic heterocycles. The Morgan fingerprint density at radius 2 is 1.88 bits per heavy atom. The number of fused-ring (bicyclic) bond motifs is 1. The van der Waals surface area contributed by atoms with E-state index in [0.717, 1.165) is 35.3 Å². The summed E-state index contributed by atoms with van der Waals surface area (Å²) >= 11 is 13.5. The van der Waals surface area contributed by atoms with Gasteiger partial charge in [-0.05, 0) is 60.5 Å². The van der Waals surface area contributed by atoms with Crippen LogP contribution in [0.3, 0.4) is 0 Å². The molecule has 0 bridgehead atoms. The van der Waals surface area contributed by atoms with Crippen LogP contribution in [0.5, 0.6) is 0 Å². The monoisotopic (exact) mass is 615 g/mol. The first kappa shape index (κ1) is 28.6. The van der Waals surface area contributed by atoms with Crippen LogP contribution in [-0.2, 0) is 21.2 Å². The van der Waals surface area contributed by atoms with Gasteiger partial charge in [0.2, 0.25) is 5.91 Å². The minimum atomic E-state index is -3.79. The van der Waals surface area contributed by atoms with Gasteiger partial charge in [-0.1, -0.05) is 60.0 Å². The number of rotatable bonds is 9. The highest BCUT2D eigenvalue weighted by molar-refractivity contribution is 7.91. The lowest BCUT2D eigenvalue weighted by Gasteiger charge is -2.33. The first-order valence-corrected chi connectivity index (χ1v) is 15.9. The number of hydrogen-bond acceptors (Lipinski definition) is 6. The number of hydrogen-bond donors (Lipinski definition) is 2. The molecule has 1 saturated heterocycles. The van der Waals surface area contributed by atoms with Gasteiger partial charge in [-0.2, -0.15) is 4.31 Å². The Kier molecular flexibility index (Phi) is 8.77. The average Bonchev–Trinajstić information content (AvgIpc) is 3.51. The Morgan fingerprint density at radius 3 is 2.62 bits per heavy atom. The second kappa shape index (κ2) is 12.3. The summed E-state index contributed by atoms with van der Waals surface area (Å²) in [5.41, 5.74) is 2.66. The van der Waals surface area contributed by atoms with E-state index >= 15 is 0 Å². The molecule has 0 saturated carbocycles. The highest BCUT2D eigenvalue weighted by Gasteiger charge is 2.38. The lowest BCUT2D eigenvalue weighted by molar-refractivity contribution is -0.120. The summed E-state index contributed by atoms with van der Waals surface area (Å²) in [4.78, 5) is 25.5. The largest absolute Gasteiger partial charge is 0.384 e. The Morgan fingerprint density at radius 1 is 1.05 bits per heavy atom.